The molecule has 1 aromatic rings. The minimum absolute atomic E-state index is 0.0818. The topological polar surface area (TPSA) is 72.5 Å². The van der Waals surface area contributed by atoms with E-state index in [1.807, 2.05) is 0 Å². The van der Waals surface area contributed by atoms with E-state index in [9.17, 15) is 17.6 Å². The molecule has 1 aromatic carbocycles. The Hall–Kier alpha value is -1.34. The number of rotatable bonds is 4. The number of hydrogen-bond donors (Lipinski definition) is 1. The fourth-order valence-electron chi connectivity index (χ4n) is 1.50. The van der Waals surface area contributed by atoms with Gasteiger partial charge in [0.25, 0.3) is 0 Å². The maximum atomic E-state index is 13.6. The molecule has 118 valence electrons. The Labute approximate surface area is 127 Å². The molecule has 0 aromatic heterocycles. The van der Waals surface area contributed by atoms with Crippen molar-refractivity contribution in [3.05, 3.63) is 29.6 Å². The van der Waals surface area contributed by atoms with E-state index in [0.717, 1.165) is 6.07 Å². The molecule has 0 atom stereocenters. The van der Waals surface area contributed by atoms with Crippen LogP contribution in [0.3, 0.4) is 0 Å². The summed E-state index contributed by atoms with van der Waals surface area (Å²) in [4.78, 5) is 11.6. The highest BCUT2D eigenvalue weighted by molar-refractivity contribution is 8.13. The third-order valence-corrected chi connectivity index (χ3v) is 3.46. The molecular formula is C13H17ClFNO4S. The predicted octanol–water partition coefficient (Wildman–Crippen LogP) is 3.28. The largest absolute Gasteiger partial charge is 0.444 e. The van der Waals surface area contributed by atoms with Crippen molar-refractivity contribution in [2.45, 2.75) is 32.8 Å². The van der Waals surface area contributed by atoms with Crippen LogP contribution in [0, 0.1) is 5.82 Å². The fourth-order valence-corrected chi connectivity index (χ4v) is 2.19. The van der Waals surface area contributed by atoms with Crippen LogP contribution < -0.4 is 5.32 Å². The zero-order valence-electron chi connectivity index (χ0n) is 11.9. The molecule has 0 saturated carbocycles. The Balaban J connectivity index is 2.79. The number of carbonyl (C=O) groups excluding carboxylic acids is 1. The highest BCUT2D eigenvalue weighted by Crippen LogP contribution is 2.18. The number of halogens is 2. The first-order valence-corrected chi connectivity index (χ1v) is 8.65. The van der Waals surface area contributed by atoms with Crippen LogP contribution in [0.5, 0.6) is 0 Å². The van der Waals surface area contributed by atoms with Gasteiger partial charge in [0.2, 0.25) is 9.05 Å². The normalized spacial score (nSPS) is 12.0. The van der Waals surface area contributed by atoms with Gasteiger partial charge in [0.05, 0.1) is 5.75 Å². The Morgan fingerprint density at radius 3 is 2.52 bits per heavy atom. The van der Waals surface area contributed by atoms with Crippen molar-refractivity contribution in [3.8, 4) is 0 Å². The number of anilines is 1. The molecular weight excluding hydrogens is 321 g/mol. The summed E-state index contributed by atoms with van der Waals surface area (Å²) >= 11 is 0. The van der Waals surface area contributed by atoms with Crippen LogP contribution in [-0.4, -0.2) is 25.9 Å². The van der Waals surface area contributed by atoms with Gasteiger partial charge in [0.1, 0.15) is 11.4 Å². The standard InChI is InChI=1S/C13H17ClFNO4S/c1-13(2,3)20-12(17)16-10-4-5-11(15)9(8-10)6-7-21(14,18)19/h4-5,8H,6-7H2,1-3H3,(H,16,17). The van der Waals surface area contributed by atoms with Gasteiger partial charge in [-0.2, -0.15) is 0 Å². The van der Waals surface area contributed by atoms with Crippen LogP contribution in [0.15, 0.2) is 18.2 Å². The molecule has 8 heteroatoms. The SMILES string of the molecule is CC(C)(C)OC(=O)Nc1ccc(F)c(CCS(=O)(=O)Cl)c1. The van der Waals surface area contributed by atoms with E-state index in [2.05, 4.69) is 5.32 Å². The molecule has 5 nitrogen and oxygen atoms in total. The summed E-state index contributed by atoms with van der Waals surface area (Å²) in [5.41, 5.74) is -0.194. The second-order valence-corrected chi connectivity index (χ2v) is 8.32. The van der Waals surface area contributed by atoms with Gasteiger partial charge in [0.15, 0.2) is 0 Å². The van der Waals surface area contributed by atoms with Crippen molar-refractivity contribution in [1.29, 1.82) is 0 Å². The van der Waals surface area contributed by atoms with Crippen LogP contribution in [0.1, 0.15) is 26.3 Å². The molecule has 0 radical (unpaired) electrons. The number of nitrogens with one attached hydrogen (secondary N) is 1. The van der Waals surface area contributed by atoms with E-state index < -0.39 is 26.6 Å². The third-order valence-electron chi connectivity index (χ3n) is 2.31. The monoisotopic (exact) mass is 337 g/mol. The fraction of sp³-hybridized carbons (Fsp3) is 0.462. The van der Waals surface area contributed by atoms with Crippen molar-refractivity contribution in [1.82, 2.24) is 0 Å². The summed E-state index contributed by atoms with van der Waals surface area (Å²) in [6, 6.07) is 3.85. The van der Waals surface area contributed by atoms with Crippen molar-refractivity contribution < 1.29 is 22.3 Å². The van der Waals surface area contributed by atoms with E-state index in [-0.39, 0.29) is 17.7 Å². The Morgan fingerprint density at radius 1 is 1.38 bits per heavy atom. The maximum absolute atomic E-state index is 13.6. The first kappa shape index (κ1) is 17.7. The molecule has 0 aliphatic heterocycles. The van der Waals surface area contributed by atoms with Gasteiger partial charge in [-0.1, -0.05) is 0 Å². The predicted molar refractivity (Wildman–Crippen MR) is 79.6 cm³/mol. The summed E-state index contributed by atoms with van der Waals surface area (Å²) in [6.07, 6.45) is -0.758. The number of carbonyl (C=O) groups is 1. The highest BCUT2D eigenvalue weighted by Gasteiger charge is 2.17. The molecule has 0 aliphatic carbocycles. The molecule has 1 rings (SSSR count). The minimum Gasteiger partial charge on any atom is -0.444 e. The first-order chi connectivity index (χ1) is 9.46. The summed E-state index contributed by atoms with van der Waals surface area (Å²) in [5.74, 6) is -0.952. The molecule has 0 spiro atoms. The summed E-state index contributed by atoms with van der Waals surface area (Å²) in [5, 5.41) is 2.45. The summed E-state index contributed by atoms with van der Waals surface area (Å²) in [7, 11) is 1.39. The van der Waals surface area contributed by atoms with Gasteiger partial charge < -0.3 is 4.74 Å². The lowest BCUT2D eigenvalue weighted by molar-refractivity contribution is 0.0636. The third kappa shape index (κ3) is 7.29. The zero-order valence-corrected chi connectivity index (χ0v) is 13.5. The number of aryl methyl sites for hydroxylation is 1. The number of benzene rings is 1. The smallest absolute Gasteiger partial charge is 0.412 e. The second-order valence-electron chi connectivity index (χ2n) is 5.43. The van der Waals surface area contributed by atoms with Crippen LogP contribution in [0.25, 0.3) is 0 Å². The maximum Gasteiger partial charge on any atom is 0.412 e. The summed E-state index contributed by atoms with van der Waals surface area (Å²) < 4.78 is 40.4. The van der Waals surface area contributed by atoms with Gasteiger partial charge >= 0.3 is 6.09 Å². The van der Waals surface area contributed by atoms with Crippen LogP contribution >= 0.6 is 10.7 Å². The Kier molecular flexibility index (Phi) is 5.58. The van der Waals surface area contributed by atoms with Gasteiger partial charge in [0, 0.05) is 16.4 Å². The van der Waals surface area contributed by atoms with E-state index in [4.69, 9.17) is 15.4 Å². The van der Waals surface area contributed by atoms with Crippen LogP contribution in [-0.2, 0) is 20.2 Å². The van der Waals surface area contributed by atoms with Crippen LogP contribution in [0.2, 0.25) is 0 Å². The van der Waals surface area contributed by atoms with Gasteiger partial charge in [-0.05, 0) is 51.0 Å². The van der Waals surface area contributed by atoms with E-state index in [0.29, 0.717) is 5.69 Å². The average molecular weight is 338 g/mol. The Morgan fingerprint density at radius 2 is 2.00 bits per heavy atom. The van der Waals surface area contributed by atoms with Crippen molar-refractivity contribution in [2.24, 2.45) is 0 Å². The molecule has 0 aliphatic rings. The number of hydrogen-bond acceptors (Lipinski definition) is 4. The Bertz CT molecular complexity index is 626. The van der Waals surface area contributed by atoms with Gasteiger partial charge in [-0.15, -0.1) is 0 Å². The second kappa shape index (κ2) is 6.62. The molecule has 0 fully saturated rings. The van der Waals surface area contributed by atoms with E-state index >= 15 is 0 Å². The van der Waals surface area contributed by atoms with Gasteiger partial charge in [-0.25, -0.2) is 17.6 Å². The van der Waals surface area contributed by atoms with Crippen molar-refractivity contribution in [2.75, 3.05) is 11.1 Å². The lowest BCUT2D eigenvalue weighted by Gasteiger charge is -2.19. The quantitative estimate of drug-likeness (QED) is 0.856. The molecule has 0 saturated heterocycles. The van der Waals surface area contributed by atoms with Gasteiger partial charge in [-0.3, -0.25) is 5.32 Å². The molecule has 0 unspecified atom stereocenters. The molecule has 1 N–H and O–H groups in total. The van der Waals surface area contributed by atoms with Crippen LogP contribution in [0.4, 0.5) is 14.9 Å². The molecule has 21 heavy (non-hydrogen) atoms. The lowest BCUT2D eigenvalue weighted by atomic mass is 10.1. The number of amides is 1. The minimum atomic E-state index is -3.71. The molecule has 0 heterocycles. The van der Waals surface area contributed by atoms with Crippen molar-refractivity contribution >= 4 is 31.5 Å². The highest BCUT2D eigenvalue weighted by atomic mass is 35.7. The summed E-state index contributed by atoms with van der Waals surface area (Å²) in [6.45, 7) is 5.15. The van der Waals surface area contributed by atoms with Crippen molar-refractivity contribution in [3.63, 3.8) is 0 Å². The first-order valence-electron chi connectivity index (χ1n) is 6.17. The van der Waals surface area contributed by atoms with E-state index in [1.165, 1.54) is 12.1 Å². The number of ether oxygens (including phenoxy) is 1. The lowest BCUT2D eigenvalue weighted by Crippen LogP contribution is -2.27. The molecule has 0 bridgehead atoms. The van der Waals surface area contributed by atoms with E-state index in [1.54, 1.807) is 20.8 Å². The molecule has 1 amide bonds. The average Bonchev–Trinajstić information content (AvgIpc) is 2.26. The zero-order chi connectivity index (χ0) is 16.3.